The van der Waals surface area contributed by atoms with Crippen molar-refractivity contribution in [2.45, 2.75) is 6.54 Å². The molecule has 0 aliphatic carbocycles. The number of pyridine rings is 2. The summed E-state index contributed by atoms with van der Waals surface area (Å²) in [6, 6.07) is 12.0. The first-order chi connectivity index (χ1) is 13.6. The minimum Gasteiger partial charge on any atom is -0.497 e. The molecule has 7 nitrogen and oxygen atoms in total. The lowest BCUT2D eigenvalue weighted by atomic mass is 10.2. The van der Waals surface area contributed by atoms with Gasteiger partial charge in [0.25, 0.3) is 0 Å². The fourth-order valence-corrected chi connectivity index (χ4v) is 2.46. The number of benzene rings is 1. The second kappa shape index (κ2) is 8.81. The molecule has 2 heterocycles. The van der Waals surface area contributed by atoms with Gasteiger partial charge in [0.1, 0.15) is 28.8 Å². The van der Waals surface area contributed by atoms with Crippen LogP contribution in [0.15, 0.2) is 54.9 Å². The summed E-state index contributed by atoms with van der Waals surface area (Å²) in [7, 11) is 2.92. The zero-order chi connectivity index (χ0) is 19.9. The van der Waals surface area contributed by atoms with Gasteiger partial charge in [-0.3, -0.25) is 0 Å². The molecule has 0 atom stereocenters. The van der Waals surface area contributed by atoms with Gasteiger partial charge in [-0.2, -0.15) is 0 Å². The largest absolute Gasteiger partial charge is 0.497 e. The zero-order valence-electron chi connectivity index (χ0n) is 15.4. The fraction of sp³-hybridized carbons (Fsp3) is 0.150. The van der Waals surface area contributed by atoms with Crippen LogP contribution in [0.25, 0.3) is 0 Å². The number of nitrogens with zero attached hydrogens (tertiary/aromatic N) is 2. The van der Waals surface area contributed by atoms with E-state index in [-0.39, 0.29) is 0 Å². The highest BCUT2D eigenvalue weighted by atomic mass is 19.1. The van der Waals surface area contributed by atoms with Crippen molar-refractivity contribution in [1.82, 2.24) is 9.97 Å². The fourth-order valence-electron chi connectivity index (χ4n) is 2.46. The number of esters is 1. The molecule has 0 radical (unpaired) electrons. The molecular formula is C20H19FN4O3. The average molecular weight is 382 g/mol. The Morgan fingerprint density at radius 1 is 1.04 bits per heavy atom. The third-order valence-electron chi connectivity index (χ3n) is 3.93. The normalized spacial score (nSPS) is 10.2. The van der Waals surface area contributed by atoms with Gasteiger partial charge in [0.15, 0.2) is 0 Å². The van der Waals surface area contributed by atoms with E-state index in [1.807, 2.05) is 24.3 Å². The van der Waals surface area contributed by atoms with E-state index in [9.17, 15) is 9.18 Å². The molecule has 2 N–H and O–H groups in total. The molecule has 0 fully saturated rings. The monoisotopic (exact) mass is 382 g/mol. The van der Waals surface area contributed by atoms with E-state index in [4.69, 9.17) is 9.47 Å². The number of carbonyl (C=O) groups excluding carboxylic acids is 1. The number of hydrogen-bond donors (Lipinski definition) is 2. The maximum Gasteiger partial charge on any atom is 0.341 e. The van der Waals surface area contributed by atoms with E-state index in [0.717, 1.165) is 17.5 Å². The van der Waals surface area contributed by atoms with Crippen molar-refractivity contribution in [3.8, 4) is 5.75 Å². The molecule has 1 aromatic carbocycles. The molecule has 0 aliphatic heterocycles. The van der Waals surface area contributed by atoms with Crippen LogP contribution in [0.3, 0.4) is 0 Å². The van der Waals surface area contributed by atoms with Crippen molar-refractivity contribution in [2.24, 2.45) is 0 Å². The Morgan fingerprint density at radius 2 is 1.79 bits per heavy atom. The Morgan fingerprint density at radius 3 is 2.43 bits per heavy atom. The van der Waals surface area contributed by atoms with Crippen molar-refractivity contribution >= 4 is 23.3 Å². The van der Waals surface area contributed by atoms with Crippen LogP contribution in [0, 0.1) is 5.82 Å². The standard InChI is InChI=1S/C20H19FN4O3/c1-27-15-6-3-13(4-7-15)10-22-17-9-19(24-12-16(17)20(26)28-2)25-18-8-5-14(21)11-23-18/h3-9,11-12H,10H2,1-2H3,(H2,22,23,24,25). The Hall–Kier alpha value is -3.68. The smallest absolute Gasteiger partial charge is 0.341 e. The molecule has 0 amide bonds. The quantitative estimate of drug-likeness (QED) is 0.602. The summed E-state index contributed by atoms with van der Waals surface area (Å²) in [4.78, 5) is 20.2. The Labute approximate surface area is 161 Å². The van der Waals surface area contributed by atoms with Gasteiger partial charge in [0, 0.05) is 18.8 Å². The average Bonchev–Trinajstić information content (AvgIpc) is 2.74. The Bertz CT molecular complexity index is 947. The molecular weight excluding hydrogens is 363 g/mol. The maximum atomic E-state index is 13.0. The number of anilines is 3. The number of halogens is 1. The first-order valence-corrected chi connectivity index (χ1v) is 8.43. The highest BCUT2D eigenvalue weighted by Gasteiger charge is 2.14. The molecule has 0 bridgehead atoms. The van der Waals surface area contributed by atoms with E-state index in [2.05, 4.69) is 20.6 Å². The number of nitrogens with one attached hydrogen (secondary N) is 2. The van der Waals surface area contributed by atoms with Crippen molar-refractivity contribution in [3.63, 3.8) is 0 Å². The predicted molar refractivity (Wildman–Crippen MR) is 103 cm³/mol. The van der Waals surface area contributed by atoms with Gasteiger partial charge in [-0.15, -0.1) is 0 Å². The minimum absolute atomic E-state index is 0.300. The Balaban J connectivity index is 1.80. The molecule has 0 saturated heterocycles. The van der Waals surface area contributed by atoms with E-state index >= 15 is 0 Å². The van der Waals surface area contributed by atoms with Gasteiger partial charge in [0.05, 0.1) is 26.1 Å². The van der Waals surface area contributed by atoms with Gasteiger partial charge < -0.3 is 20.1 Å². The lowest BCUT2D eigenvalue weighted by molar-refractivity contribution is 0.0601. The van der Waals surface area contributed by atoms with Crippen LogP contribution in [0.1, 0.15) is 15.9 Å². The van der Waals surface area contributed by atoms with Gasteiger partial charge in [-0.05, 0) is 29.8 Å². The number of methoxy groups -OCH3 is 2. The number of rotatable bonds is 7. The third-order valence-corrected chi connectivity index (χ3v) is 3.93. The van der Waals surface area contributed by atoms with Gasteiger partial charge in [0.2, 0.25) is 0 Å². The maximum absolute atomic E-state index is 13.0. The molecule has 3 aromatic rings. The molecule has 0 spiro atoms. The number of carbonyl (C=O) groups is 1. The van der Waals surface area contributed by atoms with Crippen LogP contribution < -0.4 is 15.4 Å². The van der Waals surface area contributed by atoms with Crippen LogP contribution in [0.4, 0.5) is 21.7 Å². The molecule has 0 saturated carbocycles. The van der Waals surface area contributed by atoms with Crippen LogP contribution in [-0.4, -0.2) is 30.2 Å². The second-order valence-corrected chi connectivity index (χ2v) is 5.79. The summed E-state index contributed by atoms with van der Waals surface area (Å²) in [5.74, 6) is 0.712. The van der Waals surface area contributed by atoms with Gasteiger partial charge in [-0.25, -0.2) is 19.2 Å². The second-order valence-electron chi connectivity index (χ2n) is 5.79. The Kier molecular flexibility index (Phi) is 6.01. The molecule has 28 heavy (non-hydrogen) atoms. The summed E-state index contributed by atoms with van der Waals surface area (Å²) < 4.78 is 23.0. The molecule has 144 valence electrons. The number of aromatic nitrogens is 2. The highest BCUT2D eigenvalue weighted by molar-refractivity contribution is 5.95. The molecule has 2 aromatic heterocycles. The third kappa shape index (κ3) is 4.73. The zero-order valence-corrected chi connectivity index (χ0v) is 15.4. The lowest BCUT2D eigenvalue weighted by Gasteiger charge is -2.13. The van der Waals surface area contributed by atoms with Crippen molar-refractivity contribution in [3.05, 3.63) is 71.8 Å². The van der Waals surface area contributed by atoms with E-state index in [1.165, 1.54) is 25.4 Å². The highest BCUT2D eigenvalue weighted by Crippen LogP contribution is 2.23. The van der Waals surface area contributed by atoms with Crippen LogP contribution >= 0.6 is 0 Å². The lowest BCUT2D eigenvalue weighted by Crippen LogP contribution is -2.10. The number of hydrogen-bond acceptors (Lipinski definition) is 7. The predicted octanol–water partition coefficient (Wildman–Crippen LogP) is 3.77. The summed E-state index contributed by atoms with van der Waals surface area (Å²) in [5, 5.41) is 6.19. The topological polar surface area (TPSA) is 85.4 Å². The van der Waals surface area contributed by atoms with Gasteiger partial charge in [-0.1, -0.05) is 12.1 Å². The summed E-state index contributed by atoms with van der Waals surface area (Å²) in [6.45, 7) is 0.478. The summed E-state index contributed by atoms with van der Waals surface area (Å²) in [5.41, 5.74) is 1.85. The van der Waals surface area contributed by atoms with E-state index in [0.29, 0.717) is 29.4 Å². The van der Waals surface area contributed by atoms with Crippen molar-refractivity contribution < 1.29 is 18.7 Å². The van der Waals surface area contributed by atoms with Crippen molar-refractivity contribution in [1.29, 1.82) is 0 Å². The first kappa shape index (κ1) is 19.1. The van der Waals surface area contributed by atoms with Gasteiger partial charge >= 0.3 is 5.97 Å². The first-order valence-electron chi connectivity index (χ1n) is 8.43. The molecule has 8 heteroatoms. The van der Waals surface area contributed by atoms with Crippen LogP contribution in [-0.2, 0) is 11.3 Å². The number of ether oxygens (including phenoxy) is 2. The van der Waals surface area contributed by atoms with Crippen LogP contribution in [0.2, 0.25) is 0 Å². The molecule has 3 rings (SSSR count). The molecule has 0 unspecified atom stereocenters. The summed E-state index contributed by atoms with van der Waals surface area (Å²) in [6.07, 6.45) is 2.52. The van der Waals surface area contributed by atoms with E-state index < -0.39 is 11.8 Å². The van der Waals surface area contributed by atoms with E-state index in [1.54, 1.807) is 13.2 Å². The van der Waals surface area contributed by atoms with Crippen LogP contribution in [0.5, 0.6) is 5.75 Å². The summed E-state index contributed by atoms with van der Waals surface area (Å²) >= 11 is 0. The molecule has 0 aliphatic rings. The SMILES string of the molecule is COC(=O)c1cnc(Nc2ccc(F)cn2)cc1NCc1ccc(OC)cc1. The minimum atomic E-state index is -0.504. The van der Waals surface area contributed by atoms with Crippen molar-refractivity contribution in [2.75, 3.05) is 24.9 Å².